The summed E-state index contributed by atoms with van der Waals surface area (Å²) >= 11 is 3.03. The van der Waals surface area contributed by atoms with Gasteiger partial charge in [0.25, 0.3) is 0 Å². The van der Waals surface area contributed by atoms with Gasteiger partial charge in [-0.05, 0) is 51.3 Å². The maximum Gasteiger partial charge on any atom is 0.159 e. The summed E-state index contributed by atoms with van der Waals surface area (Å²) < 4.78 is 39.1. The summed E-state index contributed by atoms with van der Waals surface area (Å²) in [7, 11) is 0. The van der Waals surface area contributed by atoms with Crippen molar-refractivity contribution >= 4 is 15.9 Å². The van der Waals surface area contributed by atoms with E-state index in [9.17, 15) is 18.3 Å². The van der Waals surface area contributed by atoms with E-state index in [1.807, 2.05) is 0 Å². The van der Waals surface area contributed by atoms with Crippen molar-refractivity contribution in [1.82, 2.24) is 0 Å². The Morgan fingerprint density at radius 1 is 0.947 bits per heavy atom. The van der Waals surface area contributed by atoms with Crippen LogP contribution in [0.5, 0.6) is 0 Å². The monoisotopic (exact) mass is 330 g/mol. The van der Waals surface area contributed by atoms with Crippen molar-refractivity contribution in [3.8, 4) is 0 Å². The van der Waals surface area contributed by atoms with Gasteiger partial charge < -0.3 is 5.11 Å². The van der Waals surface area contributed by atoms with Crippen molar-refractivity contribution in [1.29, 1.82) is 0 Å². The normalized spacial score (nSPS) is 12.5. The van der Waals surface area contributed by atoms with Gasteiger partial charge in [0.2, 0.25) is 0 Å². The Hall–Kier alpha value is -1.33. The van der Waals surface area contributed by atoms with Crippen LogP contribution < -0.4 is 0 Å². The van der Waals surface area contributed by atoms with Gasteiger partial charge in [0.05, 0.1) is 10.6 Å². The van der Waals surface area contributed by atoms with Crippen molar-refractivity contribution in [3.63, 3.8) is 0 Å². The lowest BCUT2D eigenvalue weighted by molar-refractivity contribution is 0.178. The van der Waals surface area contributed by atoms with Crippen LogP contribution >= 0.6 is 15.9 Å². The molecular formula is C14H10BrF3O. The van der Waals surface area contributed by atoms with Gasteiger partial charge in [-0.1, -0.05) is 12.1 Å². The number of hydrogen-bond donors (Lipinski definition) is 1. The Morgan fingerprint density at radius 2 is 1.63 bits per heavy atom. The third-order valence-corrected chi connectivity index (χ3v) is 3.35. The first-order chi connectivity index (χ1) is 8.97. The number of rotatable bonds is 3. The third-order valence-electron chi connectivity index (χ3n) is 2.74. The lowest BCUT2D eigenvalue weighted by Crippen LogP contribution is -2.03. The van der Waals surface area contributed by atoms with E-state index in [2.05, 4.69) is 15.9 Å². The topological polar surface area (TPSA) is 20.2 Å². The molecule has 0 aliphatic carbocycles. The zero-order valence-corrected chi connectivity index (χ0v) is 11.3. The molecule has 0 fully saturated rings. The second-order valence-electron chi connectivity index (χ2n) is 4.14. The highest BCUT2D eigenvalue weighted by Gasteiger charge is 2.12. The second kappa shape index (κ2) is 5.75. The van der Waals surface area contributed by atoms with E-state index in [1.54, 1.807) is 0 Å². The molecule has 0 aliphatic heterocycles. The number of aliphatic hydroxyl groups is 1. The lowest BCUT2D eigenvalue weighted by atomic mass is 10.0. The minimum Gasteiger partial charge on any atom is -0.388 e. The highest BCUT2D eigenvalue weighted by atomic mass is 79.9. The van der Waals surface area contributed by atoms with E-state index in [0.29, 0.717) is 11.1 Å². The molecule has 2 rings (SSSR count). The van der Waals surface area contributed by atoms with Gasteiger partial charge in [0.15, 0.2) is 11.6 Å². The molecule has 0 saturated heterocycles. The molecular weight excluding hydrogens is 321 g/mol. The Balaban J connectivity index is 2.17. The number of halogens is 4. The average molecular weight is 331 g/mol. The Labute approximate surface area is 116 Å². The fraction of sp³-hybridized carbons (Fsp3) is 0.143. The summed E-state index contributed by atoms with van der Waals surface area (Å²) in [6.45, 7) is 0. The predicted octanol–water partition coefficient (Wildman–Crippen LogP) is 4.14. The van der Waals surface area contributed by atoms with Gasteiger partial charge in [-0.2, -0.15) is 0 Å². The fourth-order valence-corrected chi connectivity index (χ4v) is 2.12. The molecule has 0 heterocycles. The maximum absolute atomic E-state index is 13.1. The summed E-state index contributed by atoms with van der Waals surface area (Å²) in [5.41, 5.74) is 0.963. The fourth-order valence-electron chi connectivity index (χ4n) is 1.73. The largest absolute Gasteiger partial charge is 0.388 e. The zero-order chi connectivity index (χ0) is 14.0. The molecule has 0 aliphatic rings. The van der Waals surface area contributed by atoms with E-state index in [1.165, 1.54) is 24.3 Å². The minimum atomic E-state index is -0.954. The van der Waals surface area contributed by atoms with Crippen LogP contribution in [0.3, 0.4) is 0 Å². The summed E-state index contributed by atoms with van der Waals surface area (Å²) in [4.78, 5) is 0. The lowest BCUT2D eigenvalue weighted by Gasteiger charge is -2.12. The van der Waals surface area contributed by atoms with Crippen LogP contribution in [0, 0.1) is 17.5 Å². The van der Waals surface area contributed by atoms with E-state index in [4.69, 9.17) is 0 Å². The summed E-state index contributed by atoms with van der Waals surface area (Å²) in [5.74, 6) is -2.31. The molecule has 1 atom stereocenters. The standard InChI is InChI=1S/C14H10BrF3O/c15-10-7-9(2-4-11(10)16)14(19)6-8-1-3-12(17)13(18)5-8/h1-5,7,14,19H,6H2. The molecule has 0 spiro atoms. The molecule has 19 heavy (non-hydrogen) atoms. The van der Waals surface area contributed by atoms with Crippen LogP contribution in [0.2, 0.25) is 0 Å². The van der Waals surface area contributed by atoms with Gasteiger partial charge in [-0.15, -0.1) is 0 Å². The van der Waals surface area contributed by atoms with Crippen molar-refractivity contribution < 1.29 is 18.3 Å². The van der Waals surface area contributed by atoms with Crippen molar-refractivity contribution in [3.05, 3.63) is 69.4 Å². The first-order valence-electron chi connectivity index (χ1n) is 5.54. The molecule has 0 aromatic heterocycles. The molecule has 100 valence electrons. The van der Waals surface area contributed by atoms with E-state index >= 15 is 0 Å². The Kier molecular flexibility index (Phi) is 4.27. The maximum atomic E-state index is 13.1. The van der Waals surface area contributed by atoms with Crippen LogP contribution in [0.25, 0.3) is 0 Å². The molecule has 1 nitrogen and oxygen atoms in total. The molecule has 0 saturated carbocycles. The minimum absolute atomic E-state index is 0.120. The van der Waals surface area contributed by atoms with Crippen molar-refractivity contribution in [2.75, 3.05) is 0 Å². The SMILES string of the molecule is OC(Cc1ccc(F)c(F)c1)c1ccc(F)c(Br)c1. The van der Waals surface area contributed by atoms with E-state index in [-0.39, 0.29) is 10.9 Å². The molecule has 1 unspecified atom stereocenters. The molecule has 1 N–H and O–H groups in total. The summed E-state index contributed by atoms with van der Waals surface area (Å²) in [6.07, 6.45) is -0.795. The molecule has 0 amide bonds. The highest BCUT2D eigenvalue weighted by molar-refractivity contribution is 9.10. The van der Waals surface area contributed by atoms with E-state index < -0.39 is 23.6 Å². The zero-order valence-electron chi connectivity index (χ0n) is 9.71. The first kappa shape index (κ1) is 14.1. The van der Waals surface area contributed by atoms with Crippen LogP contribution in [-0.2, 0) is 6.42 Å². The van der Waals surface area contributed by atoms with Crippen LogP contribution in [0.1, 0.15) is 17.2 Å². The van der Waals surface area contributed by atoms with E-state index in [0.717, 1.165) is 12.1 Å². The number of benzene rings is 2. The highest BCUT2D eigenvalue weighted by Crippen LogP contribution is 2.24. The van der Waals surface area contributed by atoms with Crippen LogP contribution in [0.4, 0.5) is 13.2 Å². The summed E-state index contributed by atoms with van der Waals surface area (Å²) in [5, 5.41) is 9.99. The Bertz CT molecular complexity index is 601. The van der Waals surface area contributed by atoms with Gasteiger partial charge >= 0.3 is 0 Å². The number of aliphatic hydroxyl groups excluding tert-OH is 1. The van der Waals surface area contributed by atoms with Gasteiger partial charge in [-0.3, -0.25) is 0 Å². The van der Waals surface area contributed by atoms with Gasteiger partial charge in [-0.25, -0.2) is 13.2 Å². The van der Waals surface area contributed by atoms with Crippen molar-refractivity contribution in [2.24, 2.45) is 0 Å². The Morgan fingerprint density at radius 3 is 2.26 bits per heavy atom. The molecule has 2 aromatic rings. The molecule has 0 radical (unpaired) electrons. The van der Waals surface area contributed by atoms with Crippen molar-refractivity contribution in [2.45, 2.75) is 12.5 Å². The van der Waals surface area contributed by atoms with Gasteiger partial charge in [0.1, 0.15) is 5.82 Å². The molecule has 2 aromatic carbocycles. The number of hydrogen-bond acceptors (Lipinski definition) is 1. The molecule has 0 bridgehead atoms. The second-order valence-corrected chi connectivity index (χ2v) is 5.00. The smallest absolute Gasteiger partial charge is 0.159 e. The first-order valence-corrected chi connectivity index (χ1v) is 6.33. The quantitative estimate of drug-likeness (QED) is 0.896. The van der Waals surface area contributed by atoms with Crippen LogP contribution in [0.15, 0.2) is 40.9 Å². The summed E-state index contributed by atoms with van der Waals surface area (Å²) in [6, 6.07) is 7.59. The average Bonchev–Trinajstić information content (AvgIpc) is 2.37. The predicted molar refractivity (Wildman–Crippen MR) is 69.1 cm³/mol. The molecule has 5 heteroatoms. The van der Waals surface area contributed by atoms with Crippen LogP contribution in [-0.4, -0.2) is 5.11 Å². The van der Waals surface area contributed by atoms with Gasteiger partial charge in [0, 0.05) is 6.42 Å². The third kappa shape index (κ3) is 3.36.